The first kappa shape index (κ1) is 12.6. The predicted molar refractivity (Wildman–Crippen MR) is 58.7 cm³/mol. The first-order valence-corrected chi connectivity index (χ1v) is 4.63. The molecule has 0 unspecified atom stereocenters. The van der Waals surface area contributed by atoms with Crippen LogP contribution in [0, 0.1) is 6.92 Å². The van der Waals surface area contributed by atoms with Gasteiger partial charge in [0.2, 0.25) is 11.8 Å². The van der Waals surface area contributed by atoms with E-state index in [0.717, 1.165) is 12.2 Å². The van der Waals surface area contributed by atoms with Crippen LogP contribution in [0.25, 0.3) is 0 Å². The number of anilines is 1. The summed E-state index contributed by atoms with van der Waals surface area (Å²) in [5, 5.41) is 10.7. The molecule has 0 aromatic carbocycles. The number of ether oxygens (including phenoxy) is 1. The molecule has 1 amide bonds. The molecule has 2 N–H and O–H groups in total. The van der Waals surface area contributed by atoms with E-state index in [2.05, 4.69) is 15.3 Å². The van der Waals surface area contributed by atoms with Crippen molar-refractivity contribution in [3.8, 4) is 5.88 Å². The highest BCUT2D eigenvalue weighted by atomic mass is 16.5. The number of methoxy groups -OCH3 is 1. The number of carbonyl (C=O) groups is 2. The highest BCUT2D eigenvalue weighted by Crippen LogP contribution is 2.10. The Kier molecular flexibility index (Phi) is 4.15. The largest absolute Gasteiger partial charge is 0.481 e. The van der Waals surface area contributed by atoms with Crippen LogP contribution in [0.4, 0.5) is 5.95 Å². The molecule has 0 radical (unpaired) electrons. The van der Waals surface area contributed by atoms with E-state index in [1.807, 2.05) is 0 Å². The molecular formula is C10H11N3O4. The van der Waals surface area contributed by atoms with Gasteiger partial charge in [-0.15, -0.1) is 0 Å². The fourth-order valence-corrected chi connectivity index (χ4v) is 0.999. The van der Waals surface area contributed by atoms with Crippen LogP contribution in [-0.2, 0) is 9.59 Å². The number of aromatic nitrogens is 2. The Morgan fingerprint density at radius 1 is 1.41 bits per heavy atom. The van der Waals surface area contributed by atoms with E-state index in [4.69, 9.17) is 9.84 Å². The average molecular weight is 237 g/mol. The van der Waals surface area contributed by atoms with Crippen LogP contribution < -0.4 is 10.1 Å². The summed E-state index contributed by atoms with van der Waals surface area (Å²) in [5.74, 6) is -1.46. The Hall–Kier alpha value is -2.44. The molecule has 0 aliphatic carbocycles. The van der Waals surface area contributed by atoms with Crippen molar-refractivity contribution in [2.75, 3.05) is 12.4 Å². The molecule has 7 nitrogen and oxygen atoms in total. The molecule has 0 saturated heterocycles. The van der Waals surface area contributed by atoms with Crippen molar-refractivity contribution in [1.82, 2.24) is 9.97 Å². The third-order valence-electron chi connectivity index (χ3n) is 1.65. The van der Waals surface area contributed by atoms with Crippen LogP contribution in [0.5, 0.6) is 5.88 Å². The van der Waals surface area contributed by atoms with Gasteiger partial charge < -0.3 is 9.84 Å². The average Bonchev–Trinajstić information content (AvgIpc) is 2.25. The van der Waals surface area contributed by atoms with Crippen LogP contribution in [0.2, 0.25) is 0 Å². The lowest BCUT2D eigenvalue weighted by Gasteiger charge is -2.04. The van der Waals surface area contributed by atoms with E-state index in [9.17, 15) is 9.59 Å². The standard InChI is InChI=1S/C10H11N3O4/c1-6-5-8(17-2)13-10(11-6)12-7(14)3-4-9(15)16/h3-5H,1-2H3,(H,15,16)(H,11,12,13,14)/b4-3+. The van der Waals surface area contributed by atoms with Crippen LogP contribution >= 0.6 is 0 Å². The van der Waals surface area contributed by atoms with Gasteiger partial charge in [-0.2, -0.15) is 4.98 Å². The Labute approximate surface area is 97.2 Å². The maximum Gasteiger partial charge on any atom is 0.328 e. The second-order valence-corrected chi connectivity index (χ2v) is 3.04. The normalized spacial score (nSPS) is 10.2. The van der Waals surface area contributed by atoms with Crippen molar-refractivity contribution < 1.29 is 19.4 Å². The minimum Gasteiger partial charge on any atom is -0.481 e. The van der Waals surface area contributed by atoms with Gasteiger partial charge in [-0.25, -0.2) is 9.78 Å². The third-order valence-corrected chi connectivity index (χ3v) is 1.65. The first-order valence-electron chi connectivity index (χ1n) is 4.63. The molecule has 0 bridgehead atoms. The summed E-state index contributed by atoms with van der Waals surface area (Å²) in [5.41, 5.74) is 0.620. The molecule has 1 aromatic rings. The summed E-state index contributed by atoms with van der Waals surface area (Å²) in [6.07, 6.45) is 1.60. The lowest BCUT2D eigenvalue weighted by molar-refractivity contribution is -0.131. The van der Waals surface area contributed by atoms with Crippen LogP contribution in [0.3, 0.4) is 0 Å². The number of hydrogen-bond donors (Lipinski definition) is 2. The summed E-state index contributed by atoms with van der Waals surface area (Å²) in [6.45, 7) is 1.72. The quantitative estimate of drug-likeness (QED) is 0.734. The molecule has 0 atom stereocenters. The fourth-order valence-electron chi connectivity index (χ4n) is 0.999. The number of carboxylic acid groups (broad SMARTS) is 1. The molecule has 1 rings (SSSR count). The number of aliphatic carboxylic acids is 1. The smallest absolute Gasteiger partial charge is 0.328 e. The number of nitrogens with zero attached hydrogens (tertiary/aromatic N) is 2. The van der Waals surface area contributed by atoms with Gasteiger partial charge in [-0.1, -0.05) is 0 Å². The summed E-state index contributed by atoms with van der Waals surface area (Å²) in [6, 6.07) is 1.60. The van der Waals surface area contributed by atoms with E-state index in [-0.39, 0.29) is 5.95 Å². The molecule has 0 saturated carbocycles. The zero-order valence-corrected chi connectivity index (χ0v) is 9.30. The Morgan fingerprint density at radius 2 is 2.12 bits per heavy atom. The van der Waals surface area contributed by atoms with Crippen molar-refractivity contribution >= 4 is 17.8 Å². The lowest BCUT2D eigenvalue weighted by Crippen LogP contribution is -2.12. The molecule has 0 aliphatic heterocycles. The SMILES string of the molecule is COc1cc(C)nc(NC(=O)/C=C/C(=O)O)n1. The lowest BCUT2D eigenvalue weighted by atomic mass is 10.4. The van der Waals surface area contributed by atoms with E-state index < -0.39 is 11.9 Å². The number of carboxylic acids is 1. The van der Waals surface area contributed by atoms with Crippen molar-refractivity contribution in [3.63, 3.8) is 0 Å². The molecular weight excluding hydrogens is 226 g/mol. The van der Waals surface area contributed by atoms with Gasteiger partial charge in [-0.3, -0.25) is 10.1 Å². The van der Waals surface area contributed by atoms with Gasteiger partial charge in [0.05, 0.1) is 7.11 Å². The van der Waals surface area contributed by atoms with Crippen LogP contribution in [-0.4, -0.2) is 34.1 Å². The van der Waals surface area contributed by atoms with E-state index in [0.29, 0.717) is 11.6 Å². The molecule has 0 spiro atoms. The highest BCUT2D eigenvalue weighted by molar-refractivity contribution is 6.01. The number of rotatable bonds is 4. The Morgan fingerprint density at radius 3 is 2.71 bits per heavy atom. The van der Waals surface area contributed by atoms with Crippen LogP contribution in [0.1, 0.15) is 5.69 Å². The molecule has 0 aliphatic rings. The van der Waals surface area contributed by atoms with Gasteiger partial charge in [0, 0.05) is 23.9 Å². The maximum absolute atomic E-state index is 11.2. The maximum atomic E-state index is 11.2. The Bertz CT molecular complexity index is 471. The molecule has 0 fully saturated rings. The van der Waals surface area contributed by atoms with Gasteiger partial charge in [0.1, 0.15) is 0 Å². The molecule has 90 valence electrons. The number of nitrogens with one attached hydrogen (secondary N) is 1. The van der Waals surface area contributed by atoms with Crippen LogP contribution in [0.15, 0.2) is 18.2 Å². The summed E-state index contributed by atoms with van der Waals surface area (Å²) >= 11 is 0. The van der Waals surface area contributed by atoms with E-state index in [1.54, 1.807) is 13.0 Å². The Balaban J connectivity index is 2.77. The number of hydrogen-bond acceptors (Lipinski definition) is 5. The number of amides is 1. The fraction of sp³-hybridized carbons (Fsp3) is 0.200. The summed E-state index contributed by atoms with van der Waals surface area (Å²) in [7, 11) is 1.44. The molecule has 7 heteroatoms. The van der Waals surface area contributed by atoms with Gasteiger partial charge in [0.25, 0.3) is 5.91 Å². The van der Waals surface area contributed by atoms with Crippen molar-refractivity contribution in [2.24, 2.45) is 0 Å². The first-order chi connectivity index (χ1) is 8.01. The monoisotopic (exact) mass is 237 g/mol. The molecule has 1 heterocycles. The highest BCUT2D eigenvalue weighted by Gasteiger charge is 2.05. The minimum absolute atomic E-state index is 0.0573. The van der Waals surface area contributed by atoms with Gasteiger partial charge in [0.15, 0.2) is 0 Å². The zero-order chi connectivity index (χ0) is 12.8. The van der Waals surface area contributed by atoms with Crippen molar-refractivity contribution in [1.29, 1.82) is 0 Å². The van der Waals surface area contributed by atoms with E-state index in [1.165, 1.54) is 7.11 Å². The van der Waals surface area contributed by atoms with Gasteiger partial charge >= 0.3 is 5.97 Å². The third kappa shape index (κ3) is 4.29. The predicted octanol–water partition coefficient (Wildman–Crippen LogP) is 0.373. The van der Waals surface area contributed by atoms with Crippen molar-refractivity contribution in [3.05, 3.63) is 23.9 Å². The molecule has 17 heavy (non-hydrogen) atoms. The second-order valence-electron chi connectivity index (χ2n) is 3.04. The second kappa shape index (κ2) is 5.59. The zero-order valence-electron chi connectivity index (χ0n) is 9.30. The summed E-state index contributed by atoms with van der Waals surface area (Å²) < 4.78 is 4.90. The topological polar surface area (TPSA) is 101 Å². The van der Waals surface area contributed by atoms with Gasteiger partial charge in [-0.05, 0) is 6.92 Å². The summed E-state index contributed by atoms with van der Waals surface area (Å²) in [4.78, 5) is 29.3. The number of carbonyl (C=O) groups excluding carboxylic acids is 1. The molecule has 1 aromatic heterocycles. The minimum atomic E-state index is -1.21. The number of aryl methyl sites for hydroxylation is 1. The van der Waals surface area contributed by atoms with Crippen molar-refractivity contribution in [2.45, 2.75) is 6.92 Å². The van der Waals surface area contributed by atoms with E-state index >= 15 is 0 Å².